The van der Waals surface area contributed by atoms with Gasteiger partial charge in [-0.05, 0) is 5.53 Å². The van der Waals surface area contributed by atoms with Crippen molar-refractivity contribution in [3.63, 3.8) is 0 Å². The number of nitrogens with zero attached hydrogens (tertiary/aromatic N) is 5. The average Bonchev–Trinajstić information content (AvgIpc) is 1.80. The van der Waals surface area contributed by atoms with Crippen LogP contribution in [0.5, 0.6) is 0 Å². The van der Waals surface area contributed by atoms with Gasteiger partial charge in [0.1, 0.15) is 0 Å². The Hall–Kier alpha value is -1.22. The van der Waals surface area contributed by atoms with E-state index >= 15 is 0 Å². The summed E-state index contributed by atoms with van der Waals surface area (Å²) < 4.78 is 0. The molecule has 0 aliphatic carbocycles. The second kappa shape index (κ2) is 4.93. The maximum absolute atomic E-state index is 7.81. The summed E-state index contributed by atoms with van der Waals surface area (Å²) in [7, 11) is 3.60. The number of hydrazone groups is 1. The largest absolute Gasteiger partial charge is 0.303 e. The lowest BCUT2D eigenvalue weighted by Gasteiger charge is -1.99. The molecule has 0 fully saturated rings. The van der Waals surface area contributed by atoms with Gasteiger partial charge in [-0.25, -0.2) is 0 Å². The number of hydrogen-bond donors (Lipinski definition) is 0. The van der Waals surface area contributed by atoms with Crippen molar-refractivity contribution in [1.82, 2.24) is 5.01 Å². The zero-order chi connectivity index (χ0) is 7.11. The van der Waals surface area contributed by atoms with Crippen LogP contribution in [-0.4, -0.2) is 31.9 Å². The van der Waals surface area contributed by atoms with Gasteiger partial charge in [-0.2, -0.15) is 5.10 Å². The van der Waals surface area contributed by atoms with Crippen molar-refractivity contribution in [3.05, 3.63) is 10.4 Å². The summed E-state index contributed by atoms with van der Waals surface area (Å²) in [5.41, 5.74) is 7.81. The third-order valence-corrected chi connectivity index (χ3v) is 0.539. The SMILES string of the molecule is CN(C)/N=C\CN=[N+]=[N-]. The molecule has 5 nitrogen and oxygen atoms in total. The normalized spacial score (nSPS) is 9.11. The van der Waals surface area contributed by atoms with Gasteiger partial charge in [0.05, 0.1) is 6.54 Å². The molecule has 0 radical (unpaired) electrons. The summed E-state index contributed by atoms with van der Waals surface area (Å²) >= 11 is 0. The van der Waals surface area contributed by atoms with Crippen LogP contribution in [0.1, 0.15) is 0 Å². The van der Waals surface area contributed by atoms with Gasteiger partial charge in [0.15, 0.2) is 0 Å². The van der Waals surface area contributed by atoms with Gasteiger partial charge in [-0.3, -0.25) is 0 Å². The molecule has 0 aromatic rings. The van der Waals surface area contributed by atoms with E-state index in [0.29, 0.717) is 6.54 Å². The maximum Gasteiger partial charge on any atom is 0.0632 e. The standard InChI is InChI=1S/C4H9N5/c1-9(2)7-4-3-6-8-5/h4H,3H2,1-2H3/b7-4-. The van der Waals surface area contributed by atoms with E-state index in [0.717, 1.165) is 0 Å². The lowest BCUT2D eigenvalue weighted by atomic mass is 10.8. The van der Waals surface area contributed by atoms with Crippen molar-refractivity contribution in [2.75, 3.05) is 20.6 Å². The molecule has 0 heterocycles. The molecule has 0 bridgehead atoms. The van der Waals surface area contributed by atoms with Gasteiger partial charge >= 0.3 is 0 Å². The van der Waals surface area contributed by atoms with E-state index in [-0.39, 0.29) is 0 Å². The maximum atomic E-state index is 7.81. The predicted molar refractivity (Wildman–Crippen MR) is 36.2 cm³/mol. The first-order valence-corrected chi connectivity index (χ1v) is 2.48. The fraction of sp³-hybridized carbons (Fsp3) is 0.750. The van der Waals surface area contributed by atoms with Gasteiger partial charge in [0, 0.05) is 25.2 Å². The minimum absolute atomic E-state index is 0.314. The summed E-state index contributed by atoms with van der Waals surface area (Å²) in [6, 6.07) is 0. The van der Waals surface area contributed by atoms with Crippen molar-refractivity contribution < 1.29 is 0 Å². The topological polar surface area (TPSA) is 64.4 Å². The molecule has 0 rings (SSSR count). The van der Waals surface area contributed by atoms with Crippen molar-refractivity contribution in [2.45, 2.75) is 0 Å². The summed E-state index contributed by atoms with van der Waals surface area (Å²) in [4.78, 5) is 2.55. The van der Waals surface area contributed by atoms with Crippen LogP contribution in [0.4, 0.5) is 0 Å². The zero-order valence-corrected chi connectivity index (χ0v) is 5.52. The highest BCUT2D eigenvalue weighted by Crippen LogP contribution is 1.72. The summed E-state index contributed by atoms with van der Waals surface area (Å²) in [6.07, 6.45) is 1.54. The van der Waals surface area contributed by atoms with Crippen molar-refractivity contribution in [2.24, 2.45) is 10.2 Å². The summed E-state index contributed by atoms with van der Waals surface area (Å²) in [6.45, 7) is 0.314. The van der Waals surface area contributed by atoms with E-state index in [9.17, 15) is 0 Å². The van der Waals surface area contributed by atoms with E-state index < -0.39 is 0 Å². The molecule has 9 heavy (non-hydrogen) atoms. The molecule has 50 valence electrons. The third kappa shape index (κ3) is 6.78. The summed E-state index contributed by atoms with van der Waals surface area (Å²) in [5.74, 6) is 0. The van der Waals surface area contributed by atoms with Crippen LogP contribution in [0.15, 0.2) is 10.2 Å². The highest BCUT2D eigenvalue weighted by atomic mass is 15.4. The molecule has 0 saturated carbocycles. The highest BCUT2D eigenvalue weighted by molar-refractivity contribution is 5.59. The molecule has 0 aliphatic heterocycles. The Morgan fingerprint density at radius 3 is 2.78 bits per heavy atom. The Bertz CT molecular complexity index is 132. The number of rotatable bonds is 3. The molecule has 0 atom stereocenters. The molecular formula is C4H9N5. The minimum atomic E-state index is 0.314. The smallest absolute Gasteiger partial charge is 0.0632 e. The molecule has 0 spiro atoms. The molecule has 0 aromatic carbocycles. The van der Waals surface area contributed by atoms with E-state index in [1.54, 1.807) is 25.3 Å². The van der Waals surface area contributed by atoms with Crippen LogP contribution < -0.4 is 0 Å². The average molecular weight is 127 g/mol. The van der Waals surface area contributed by atoms with Crippen LogP contribution in [-0.2, 0) is 0 Å². The first-order chi connectivity index (χ1) is 4.27. The Morgan fingerprint density at radius 2 is 2.33 bits per heavy atom. The first kappa shape index (κ1) is 7.78. The molecule has 0 N–H and O–H groups in total. The zero-order valence-electron chi connectivity index (χ0n) is 5.52. The van der Waals surface area contributed by atoms with Gasteiger partial charge in [-0.1, -0.05) is 5.11 Å². The van der Waals surface area contributed by atoms with E-state index in [2.05, 4.69) is 15.1 Å². The molecule has 0 aliphatic rings. The van der Waals surface area contributed by atoms with Crippen molar-refractivity contribution in [1.29, 1.82) is 0 Å². The second-order valence-corrected chi connectivity index (χ2v) is 1.56. The highest BCUT2D eigenvalue weighted by Gasteiger charge is 1.73. The molecule has 0 saturated heterocycles. The molecule has 0 unspecified atom stereocenters. The third-order valence-electron chi connectivity index (χ3n) is 0.539. The Kier molecular flexibility index (Phi) is 4.26. The molecule has 0 amide bonds. The Balaban J connectivity index is 3.36. The van der Waals surface area contributed by atoms with E-state index in [1.807, 2.05) is 0 Å². The van der Waals surface area contributed by atoms with Gasteiger partial charge < -0.3 is 5.01 Å². The minimum Gasteiger partial charge on any atom is -0.303 e. The van der Waals surface area contributed by atoms with Gasteiger partial charge in [0.2, 0.25) is 0 Å². The first-order valence-electron chi connectivity index (χ1n) is 2.48. The number of azide groups is 1. The fourth-order valence-electron chi connectivity index (χ4n) is 0.273. The van der Waals surface area contributed by atoms with Gasteiger partial charge in [-0.15, -0.1) is 0 Å². The van der Waals surface area contributed by atoms with Crippen LogP contribution in [0.25, 0.3) is 10.4 Å². The Labute approximate surface area is 53.6 Å². The summed E-state index contributed by atoms with van der Waals surface area (Å²) in [5, 5.41) is 8.69. The quantitative estimate of drug-likeness (QED) is 0.182. The van der Waals surface area contributed by atoms with E-state index in [4.69, 9.17) is 5.53 Å². The van der Waals surface area contributed by atoms with Crippen LogP contribution >= 0.6 is 0 Å². The number of hydrogen-bond acceptors (Lipinski definition) is 3. The predicted octanol–water partition coefficient (Wildman–Crippen LogP) is 0.844. The Morgan fingerprint density at radius 1 is 1.67 bits per heavy atom. The van der Waals surface area contributed by atoms with Crippen molar-refractivity contribution in [3.8, 4) is 0 Å². The second-order valence-electron chi connectivity index (χ2n) is 1.56. The lowest BCUT2D eigenvalue weighted by Crippen LogP contribution is -2.01. The lowest BCUT2D eigenvalue weighted by molar-refractivity contribution is 0.439. The molecule has 0 aromatic heterocycles. The molecule has 5 heteroatoms. The van der Waals surface area contributed by atoms with Crippen LogP contribution in [0.3, 0.4) is 0 Å². The fourth-order valence-corrected chi connectivity index (χ4v) is 0.273. The van der Waals surface area contributed by atoms with Crippen LogP contribution in [0.2, 0.25) is 0 Å². The van der Waals surface area contributed by atoms with Gasteiger partial charge in [0.25, 0.3) is 0 Å². The monoisotopic (exact) mass is 127 g/mol. The van der Waals surface area contributed by atoms with E-state index in [1.165, 1.54) is 0 Å². The van der Waals surface area contributed by atoms with Crippen molar-refractivity contribution >= 4 is 6.21 Å². The van der Waals surface area contributed by atoms with Crippen LogP contribution in [0, 0.1) is 0 Å². The molecular weight excluding hydrogens is 118 g/mol.